The van der Waals surface area contributed by atoms with Crippen LogP contribution in [0.5, 0.6) is 0 Å². The summed E-state index contributed by atoms with van der Waals surface area (Å²) in [6.45, 7) is 1.45. The van der Waals surface area contributed by atoms with Crippen molar-refractivity contribution in [3.63, 3.8) is 0 Å². The van der Waals surface area contributed by atoms with E-state index < -0.39 is 0 Å². The average Bonchev–Trinajstić information content (AvgIpc) is 2.47. The molecule has 1 N–H and O–H groups in total. The van der Waals surface area contributed by atoms with Crippen LogP contribution in [0.1, 0.15) is 22.8 Å². The molecule has 1 amide bonds. The lowest BCUT2D eigenvalue weighted by molar-refractivity contribution is -0.114. The molecule has 2 aromatic carbocycles. The summed E-state index contributed by atoms with van der Waals surface area (Å²) in [6.07, 6.45) is 0. The topological polar surface area (TPSA) is 49.4 Å². The van der Waals surface area contributed by atoms with Crippen LogP contribution in [0, 0.1) is 0 Å². The summed E-state index contributed by atoms with van der Waals surface area (Å²) in [5.41, 5.74) is 2.98. The highest BCUT2D eigenvalue weighted by Crippen LogP contribution is 2.17. The van der Waals surface area contributed by atoms with Gasteiger partial charge in [-0.25, -0.2) is 0 Å². The van der Waals surface area contributed by atoms with Crippen LogP contribution in [-0.2, 0) is 4.79 Å². The number of nitrogens with zero attached hydrogens (tertiary/aromatic N) is 1. The van der Waals surface area contributed by atoms with Crippen molar-refractivity contribution >= 4 is 23.1 Å². The molecule has 21 heavy (non-hydrogen) atoms. The Morgan fingerprint density at radius 2 is 1.33 bits per heavy atom. The van der Waals surface area contributed by atoms with Crippen LogP contribution in [-0.4, -0.2) is 25.8 Å². The maximum absolute atomic E-state index is 12.4. The van der Waals surface area contributed by atoms with Gasteiger partial charge >= 0.3 is 0 Å². The zero-order chi connectivity index (χ0) is 15.4. The highest BCUT2D eigenvalue weighted by Gasteiger charge is 2.09. The van der Waals surface area contributed by atoms with Crippen LogP contribution in [0.2, 0.25) is 0 Å². The van der Waals surface area contributed by atoms with Crippen LogP contribution < -0.4 is 10.2 Å². The predicted molar refractivity (Wildman–Crippen MR) is 84.9 cm³/mol. The smallest absolute Gasteiger partial charge is 0.221 e. The summed E-state index contributed by atoms with van der Waals surface area (Å²) in [6, 6.07) is 14.4. The second-order valence-electron chi connectivity index (χ2n) is 5.03. The number of rotatable bonds is 4. The van der Waals surface area contributed by atoms with Gasteiger partial charge in [-0.3, -0.25) is 9.59 Å². The zero-order valence-corrected chi connectivity index (χ0v) is 12.4. The molecule has 0 saturated heterocycles. The Morgan fingerprint density at radius 3 is 1.76 bits per heavy atom. The average molecular weight is 282 g/mol. The maximum atomic E-state index is 12.4. The van der Waals surface area contributed by atoms with Gasteiger partial charge in [0, 0.05) is 43.5 Å². The Morgan fingerprint density at radius 1 is 0.857 bits per heavy atom. The minimum absolute atomic E-state index is 0.0327. The molecule has 0 aliphatic carbocycles. The van der Waals surface area contributed by atoms with Crippen molar-refractivity contribution < 1.29 is 9.59 Å². The van der Waals surface area contributed by atoms with Crippen molar-refractivity contribution in [3.8, 4) is 0 Å². The zero-order valence-electron chi connectivity index (χ0n) is 12.4. The van der Waals surface area contributed by atoms with Crippen LogP contribution in [0.25, 0.3) is 0 Å². The Hall–Kier alpha value is -2.62. The lowest BCUT2D eigenvalue weighted by Crippen LogP contribution is -2.09. The first-order valence-corrected chi connectivity index (χ1v) is 6.67. The normalized spacial score (nSPS) is 10.0. The molecule has 0 bridgehead atoms. The van der Waals surface area contributed by atoms with Crippen molar-refractivity contribution in [3.05, 3.63) is 59.7 Å². The second kappa shape index (κ2) is 6.22. The van der Waals surface area contributed by atoms with E-state index in [9.17, 15) is 9.59 Å². The van der Waals surface area contributed by atoms with E-state index in [-0.39, 0.29) is 11.7 Å². The second-order valence-corrected chi connectivity index (χ2v) is 5.03. The molecule has 2 aromatic rings. The maximum Gasteiger partial charge on any atom is 0.221 e. The van der Waals surface area contributed by atoms with E-state index in [2.05, 4.69) is 5.32 Å². The molecule has 0 spiro atoms. The molecule has 0 fully saturated rings. The summed E-state index contributed by atoms with van der Waals surface area (Å²) in [5, 5.41) is 2.67. The molecule has 0 radical (unpaired) electrons. The van der Waals surface area contributed by atoms with E-state index in [0.717, 1.165) is 5.69 Å². The molecular formula is C17H18N2O2. The predicted octanol–water partition coefficient (Wildman–Crippen LogP) is 2.94. The van der Waals surface area contributed by atoms with E-state index in [1.807, 2.05) is 43.3 Å². The highest BCUT2D eigenvalue weighted by molar-refractivity contribution is 6.09. The van der Waals surface area contributed by atoms with Gasteiger partial charge in [0.15, 0.2) is 5.78 Å². The summed E-state index contributed by atoms with van der Waals surface area (Å²) in [5.74, 6) is -0.164. The van der Waals surface area contributed by atoms with Crippen molar-refractivity contribution in [2.45, 2.75) is 6.92 Å². The third kappa shape index (κ3) is 3.69. The highest BCUT2D eigenvalue weighted by atomic mass is 16.1. The van der Waals surface area contributed by atoms with Gasteiger partial charge in [0.1, 0.15) is 0 Å². The lowest BCUT2D eigenvalue weighted by Gasteiger charge is -2.12. The first-order valence-electron chi connectivity index (χ1n) is 6.67. The van der Waals surface area contributed by atoms with E-state index in [1.165, 1.54) is 6.92 Å². The summed E-state index contributed by atoms with van der Waals surface area (Å²) in [4.78, 5) is 25.3. The summed E-state index contributed by atoms with van der Waals surface area (Å²) in [7, 11) is 3.91. The van der Waals surface area contributed by atoms with Crippen LogP contribution in [0.4, 0.5) is 11.4 Å². The number of ketones is 1. The van der Waals surface area contributed by atoms with Gasteiger partial charge in [0.2, 0.25) is 5.91 Å². The van der Waals surface area contributed by atoms with E-state index >= 15 is 0 Å². The molecule has 0 heterocycles. The number of nitrogens with one attached hydrogen (secondary N) is 1. The SMILES string of the molecule is CC(=O)Nc1ccc(C(=O)c2ccc(N(C)C)cc2)cc1. The van der Waals surface area contributed by atoms with Crippen LogP contribution in [0.15, 0.2) is 48.5 Å². The number of hydrogen-bond acceptors (Lipinski definition) is 3. The van der Waals surface area contributed by atoms with E-state index in [4.69, 9.17) is 0 Å². The van der Waals surface area contributed by atoms with Gasteiger partial charge in [-0.1, -0.05) is 0 Å². The lowest BCUT2D eigenvalue weighted by atomic mass is 10.0. The first kappa shape index (κ1) is 14.8. The third-order valence-electron chi connectivity index (χ3n) is 3.11. The number of amides is 1. The fourth-order valence-electron chi connectivity index (χ4n) is 1.99. The van der Waals surface area contributed by atoms with Crippen LogP contribution >= 0.6 is 0 Å². The molecule has 0 aliphatic heterocycles. The van der Waals surface area contributed by atoms with Gasteiger partial charge in [-0.05, 0) is 48.5 Å². The molecule has 0 aliphatic rings. The molecule has 0 unspecified atom stereocenters. The molecule has 0 saturated carbocycles. The quantitative estimate of drug-likeness (QED) is 0.877. The molecule has 108 valence electrons. The van der Waals surface area contributed by atoms with Crippen molar-refractivity contribution in [2.24, 2.45) is 0 Å². The minimum atomic E-state index is -0.131. The summed E-state index contributed by atoms with van der Waals surface area (Å²) >= 11 is 0. The van der Waals surface area contributed by atoms with E-state index in [0.29, 0.717) is 16.8 Å². The first-order chi connectivity index (χ1) is 9.97. The summed E-state index contributed by atoms with van der Waals surface area (Å²) < 4.78 is 0. The number of hydrogen-bond donors (Lipinski definition) is 1. The van der Waals surface area contributed by atoms with Gasteiger partial charge in [-0.15, -0.1) is 0 Å². The monoisotopic (exact) mass is 282 g/mol. The van der Waals surface area contributed by atoms with E-state index in [1.54, 1.807) is 24.3 Å². The molecule has 2 rings (SSSR count). The van der Waals surface area contributed by atoms with Crippen LogP contribution in [0.3, 0.4) is 0 Å². The Bertz CT molecular complexity index is 643. The fourth-order valence-corrected chi connectivity index (χ4v) is 1.99. The third-order valence-corrected chi connectivity index (χ3v) is 3.11. The number of carbonyl (C=O) groups is 2. The Kier molecular flexibility index (Phi) is 4.38. The van der Waals surface area contributed by atoms with Gasteiger partial charge in [-0.2, -0.15) is 0 Å². The molecular weight excluding hydrogens is 264 g/mol. The Balaban J connectivity index is 2.17. The van der Waals surface area contributed by atoms with Gasteiger partial charge in [0.25, 0.3) is 0 Å². The van der Waals surface area contributed by atoms with Gasteiger partial charge in [0.05, 0.1) is 0 Å². The number of carbonyl (C=O) groups excluding carboxylic acids is 2. The minimum Gasteiger partial charge on any atom is -0.378 e. The number of benzene rings is 2. The van der Waals surface area contributed by atoms with Crippen molar-refractivity contribution in [1.82, 2.24) is 0 Å². The largest absolute Gasteiger partial charge is 0.378 e. The fraction of sp³-hybridized carbons (Fsp3) is 0.176. The molecule has 0 atom stereocenters. The molecule has 4 nitrogen and oxygen atoms in total. The number of anilines is 2. The molecule has 0 aromatic heterocycles. The Labute approximate surface area is 124 Å². The van der Waals surface area contributed by atoms with Gasteiger partial charge < -0.3 is 10.2 Å². The van der Waals surface area contributed by atoms with Crippen molar-refractivity contribution in [2.75, 3.05) is 24.3 Å². The molecule has 4 heteroatoms. The van der Waals surface area contributed by atoms with Crippen molar-refractivity contribution in [1.29, 1.82) is 0 Å². The standard InChI is InChI=1S/C17H18N2O2/c1-12(20)18-15-8-4-13(5-9-15)17(21)14-6-10-16(11-7-14)19(2)3/h4-11H,1-3H3,(H,18,20).